The van der Waals surface area contributed by atoms with E-state index in [-0.39, 0.29) is 17.8 Å². The van der Waals surface area contributed by atoms with Gasteiger partial charge in [-0.25, -0.2) is 9.37 Å². The first-order valence-corrected chi connectivity index (χ1v) is 9.80. The van der Waals surface area contributed by atoms with Crippen LogP contribution in [0.5, 0.6) is 0 Å². The summed E-state index contributed by atoms with van der Waals surface area (Å²) in [6.07, 6.45) is 3.85. The molecule has 0 radical (unpaired) electrons. The van der Waals surface area contributed by atoms with Crippen LogP contribution in [0.15, 0.2) is 24.3 Å². The molecule has 2 heterocycles. The molecule has 1 atom stereocenters. The molecule has 1 aliphatic carbocycles. The number of aromatic nitrogens is 1. The summed E-state index contributed by atoms with van der Waals surface area (Å²) in [5.41, 5.74) is 7.39. The lowest BCUT2D eigenvalue weighted by Gasteiger charge is -2.34. The Morgan fingerprint density at radius 1 is 1.31 bits per heavy atom. The fourth-order valence-corrected chi connectivity index (χ4v) is 4.74. The first-order chi connectivity index (χ1) is 12.5. The number of halogens is 1. The number of benzene rings is 1. The standard InChI is InChI=1S/C19H22FN3O2S/c20-13-6-4-12(5-7-13)17-22-14-2-1-3-15(16(14)26-17)23-18(24)19(21)8-10-25-11-9-19/h4-7,15H,1-3,8-11,21H2,(H,23,24). The van der Waals surface area contributed by atoms with Crippen molar-refractivity contribution in [3.05, 3.63) is 40.7 Å². The van der Waals surface area contributed by atoms with Gasteiger partial charge < -0.3 is 15.8 Å². The Bertz CT molecular complexity index is 800. The Hall–Kier alpha value is -1.83. The van der Waals surface area contributed by atoms with Crippen LogP contribution in [0.3, 0.4) is 0 Å². The van der Waals surface area contributed by atoms with Gasteiger partial charge in [-0.3, -0.25) is 4.79 Å². The number of nitrogens with zero attached hydrogens (tertiary/aromatic N) is 1. The van der Waals surface area contributed by atoms with Gasteiger partial charge in [-0.2, -0.15) is 0 Å². The SMILES string of the molecule is NC1(C(=O)NC2CCCc3nc(-c4ccc(F)cc4)sc32)CCOCC1. The number of carbonyl (C=O) groups is 1. The zero-order valence-electron chi connectivity index (χ0n) is 14.5. The molecule has 1 aromatic carbocycles. The molecule has 1 saturated heterocycles. The summed E-state index contributed by atoms with van der Waals surface area (Å²) < 4.78 is 18.5. The highest BCUT2D eigenvalue weighted by Crippen LogP contribution is 2.38. The third-order valence-corrected chi connectivity index (χ3v) is 6.44. The van der Waals surface area contributed by atoms with Crippen molar-refractivity contribution in [3.8, 4) is 10.6 Å². The fraction of sp³-hybridized carbons (Fsp3) is 0.474. The molecule has 26 heavy (non-hydrogen) atoms. The molecule has 138 valence electrons. The average Bonchev–Trinajstić information content (AvgIpc) is 3.08. The highest BCUT2D eigenvalue weighted by molar-refractivity contribution is 7.15. The Labute approximate surface area is 155 Å². The molecule has 4 rings (SSSR count). The maximum absolute atomic E-state index is 13.2. The summed E-state index contributed by atoms with van der Waals surface area (Å²) in [4.78, 5) is 18.6. The van der Waals surface area contributed by atoms with Crippen molar-refractivity contribution in [2.45, 2.75) is 43.7 Å². The van der Waals surface area contributed by atoms with Crippen molar-refractivity contribution >= 4 is 17.2 Å². The minimum atomic E-state index is -0.847. The number of rotatable bonds is 3. The van der Waals surface area contributed by atoms with E-state index in [0.717, 1.165) is 40.4 Å². The van der Waals surface area contributed by atoms with E-state index < -0.39 is 5.54 Å². The van der Waals surface area contributed by atoms with Crippen molar-refractivity contribution in [2.75, 3.05) is 13.2 Å². The number of thiazole rings is 1. The van der Waals surface area contributed by atoms with Gasteiger partial charge in [-0.05, 0) is 56.4 Å². The molecule has 1 aliphatic heterocycles. The average molecular weight is 375 g/mol. The molecule has 1 amide bonds. The number of aryl methyl sites for hydroxylation is 1. The Morgan fingerprint density at radius 3 is 2.77 bits per heavy atom. The smallest absolute Gasteiger partial charge is 0.240 e. The van der Waals surface area contributed by atoms with Crippen molar-refractivity contribution in [1.82, 2.24) is 10.3 Å². The van der Waals surface area contributed by atoms with E-state index in [9.17, 15) is 9.18 Å². The lowest BCUT2D eigenvalue weighted by Crippen LogP contribution is -2.57. The van der Waals surface area contributed by atoms with E-state index in [1.807, 2.05) is 0 Å². The minimum absolute atomic E-state index is 0.0544. The van der Waals surface area contributed by atoms with E-state index in [1.54, 1.807) is 23.5 Å². The van der Waals surface area contributed by atoms with Gasteiger partial charge in [-0.15, -0.1) is 11.3 Å². The van der Waals surface area contributed by atoms with Gasteiger partial charge in [0, 0.05) is 18.8 Å². The number of ether oxygens (including phenoxy) is 1. The molecule has 0 saturated carbocycles. The first kappa shape index (κ1) is 17.6. The van der Waals surface area contributed by atoms with E-state index in [1.165, 1.54) is 12.1 Å². The zero-order valence-corrected chi connectivity index (χ0v) is 15.3. The normalized spacial score (nSPS) is 21.8. The predicted octanol–water partition coefficient (Wildman–Crippen LogP) is 2.95. The van der Waals surface area contributed by atoms with Gasteiger partial charge >= 0.3 is 0 Å². The highest BCUT2D eigenvalue weighted by atomic mass is 32.1. The number of fused-ring (bicyclic) bond motifs is 1. The van der Waals surface area contributed by atoms with Crippen LogP contribution in [-0.2, 0) is 16.0 Å². The molecule has 2 aromatic rings. The Morgan fingerprint density at radius 2 is 2.04 bits per heavy atom. The molecule has 2 aliphatic rings. The second kappa shape index (κ2) is 7.06. The summed E-state index contributed by atoms with van der Waals surface area (Å²) in [5, 5.41) is 4.02. The molecule has 7 heteroatoms. The maximum Gasteiger partial charge on any atom is 0.240 e. The molecular weight excluding hydrogens is 353 g/mol. The van der Waals surface area contributed by atoms with Crippen LogP contribution < -0.4 is 11.1 Å². The first-order valence-electron chi connectivity index (χ1n) is 8.98. The van der Waals surface area contributed by atoms with E-state index >= 15 is 0 Å². The number of carbonyl (C=O) groups excluding carboxylic acids is 1. The third kappa shape index (κ3) is 3.39. The van der Waals surface area contributed by atoms with Crippen molar-refractivity contribution < 1.29 is 13.9 Å². The predicted molar refractivity (Wildman–Crippen MR) is 98.3 cm³/mol. The van der Waals surface area contributed by atoms with Crippen LogP contribution in [0.2, 0.25) is 0 Å². The van der Waals surface area contributed by atoms with Crippen LogP contribution in [0.25, 0.3) is 10.6 Å². The largest absolute Gasteiger partial charge is 0.381 e. The Balaban J connectivity index is 1.55. The molecule has 3 N–H and O–H groups in total. The van der Waals surface area contributed by atoms with E-state index in [0.29, 0.717) is 26.1 Å². The number of amides is 1. The molecule has 1 fully saturated rings. The van der Waals surface area contributed by atoms with Gasteiger partial charge in [0.1, 0.15) is 10.8 Å². The van der Waals surface area contributed by atoms with Gasteiger partial charge in [0.2, 0.25) is 5.91 Å². The van der Waals surface area contributed by atoms with Crippen LogP contribution in [0, 0.1) is 5.82 Å². The fourth-order valence-electron chi connectivity index (χ4n) is 3.54. The quantitative estimate of drug-likeness (QED) is 0.865. The van der Waals surface area contributed by atoms with Gasteiger partial charge in [-0.1, -0.05) is 0 Å². The van der Waals surface area contributed by atoms with Crippen molar-refractivity contribution in [3.63, 3.8) is 0 Å². The van der Waals surface area contributed by atoms with Crippen molar-refractivity contribution in [1.29, 1.82) is 0 Å². The molecule has 1 unspecified atom stereocenters. The molecule has 0 bridgehead atoms. The van der Waals surface area contributed by atoms with Crippen LogP contribution in [-0.4, -0.2) is 29.6 Å². The van der Waals surface area contributed by atoms with Crippen LogP contribution in [0.1, 0.15) is 42.3 Å². The van der Waals surface area contributed by atoms with Crippen molar-refractivity contribution in [2.24, 2.45) is 5.73 Å². The maximum atomic E-state index is 13.2. The molecule has 0 spiro atoms. The molecule has 1 aromatic heterocycles. The zero-order chi connectivity index (χ0) is 18.1. The van der Waals surface area contributed by atoms with Crippen LogP contribution >= 0.6 is 11.3 Å². The monoisotopic (exact) mass is 375 g/mol. The lowest BCUT2D eigenvalue weighted by molar-refractivity contribution is -0.130. The summed E-state index contributed by atoms with van der Waals surface area (Å²) in [7, 11) is 0. The minimum Gasteiger partial charge on any atom is -0.381 e. The Kier molecular flexibility index (Phi) is 4.77. The second-order valence-electron chi connectivity index (χ2n) is 7.02. The molecular formula is C19H22FN3O2S. The number of nitrogens with one attached hydrogen (secondary N) is 1. The van der Waals surface area contributed by atoms with Crippen LogP contribution in [0.4, 0.5) is 4.39 Å². The highest BCUT2D eigenvalue weighted by Gasteiger charge is 2.38. The molecule has 5 nitrogen and oxygen atoms in total. The van der Waals surface area contributed by atoms with Gasteiger partial charge in [0.05, 0.1) is 22.2 Å². The third-order valence-electron chi connectivity index (χ3n) is 5.18. The number of hydrogen-bond acceptors (Lipinski definition) is 5. The second-order valence-corrected chi connectivity index (χ2v) is 8.05. The van der Waals surface area contributed by atoms with Gasteiger partial charge in [0.15, 0.2) is 0 Å². The number of hydrogen-bond donors (Lipinski definition) is 2. The summed E-state index contributed by atoms with van der Waals surface area (Å²) in [6.45, 7) is 1.05. The number of nitrogens with two attached hydrogens (primary N) is 1. The van der Waals surface area contributed by atoms with E-state index in [2.05, 4.69) is 5.32 Å². The topological polar surface area (TPSA) is 77.2 Å². The summed E-state index contributed by atoms with van der Waals surface area (Å²) in [6, 6.07) is 6.31. The summed E-state index contributed by atoms with van der Waals surface area (Å²) in [5.74, 6) is -0.361. The van der Waals surface area contributed by atoms with E-state index in [4.69, 9.17) is 15.5 Å². The summed E-state index contributed by atoms with van der Waals surface area (Å²) >= 11 is 1.58. The van der Waals surface area contributed by atoms with Gasteiger partial charge in [0.25, 0.3) is 0 Å². The lowest BCUT2D eigenvalue weighted by atomic mass is 9.89.